The van der Waals surface area contributed by atoms with E-state index < -0.39 is 5.76 Å². The van der Waals surface area contributed by atoms with Crippen LogP contribution in [-0.4, -0.2) is 5.76 Å². The predicted octanol–water partition coefficient (Wildman–Crippen LogP) is 5.80. The Hall–Kier alpha value is -1.07. The standard InChI is InChI=1S/C15H17F2NS2/c1-3-11-8-9-13(19-11)10(2)18-12-6-4-5-7-14(12)20-15(16)17/h4-10,15,18H,3H2,1-2H3. The predicted molar refractivity (Wildman–Crippen MR) is 84.0 cm³/mol. The number of para-hydroxylation sites is 1. The summed E-state index contributed by atoms with van der Waals surface area (Å²) in [6.07, 6.45) is 1.02. The Kier molecular flexibility index (Phi) is 5.43. The van der Waals surface area contributed by atoms with Crippen LogP contribution in [0.3, 0.4) is 0 Å². The third kappa shape index (κ3) is 3.96. The molecule has 108 valence electrons. The molecule has 0 saturated carbocycles. The van der Waals surface area contributed by atoms with Crippen LogP contribution in [0.5, 0.6) is 0 Å². The summed E-state index contributed by atoms with van der Waals surface area (Å²) in [5, 5.41) is 3.33. The minimum Gasteiger partial charge on any atom is -0.377 e. The molecule has 1 N–H and O–H groups in total. The van der Waals surface area contributed by atoms with E-state index in [0.717, 1.165) is 12.1 Å². The monoisotopic (exact) mass is 313 g/mol. The van der Waals surface area contributed by atoms with E-state index in [0.29, 0.717) is 16.7 Å². The second-order valence-electron chi connectivity index (χ2n) is 4.40. The summed E-state index contributed by atoms with van der Waals surface area (Å²) >= 11 is 2.34. The topological polar surface area (TPSA) is 12.0 Å². The van der Waals surface area contributed by atoms with Gasteiger partial charge in [0.15, 0.2) is 0 Å². The summed E-state index contributed by atoms with van der Waals surface area (Å²) in [6.45, 7) is 4.18. The van der Waals surface area contributed by atoms with Crippen molar-refractivity contribution in [3.63, 3.8) is 0 Å². The van der Waals surface area contributed by atoms with Gasteiger partial charge in [0.25, 0.3) is 5.76 Å². The van der Waals surface area contributed by atoms with E-state index in [4.69, 9.17) is 0 Å². The fourth-order valence-corrected chi connectivity index (χ4v) is 3.46. The zero-order chi connectivity index (χ0) is 14.5. The maximum Gasteiger partial charge on any atom is 0.288 e. The summed E-state index contributed by atoms with van der Waals surface area (Å²) in [5.74, 6) is -2.40. The molecular formula is C15H17F2NS2. The fraction of sp³-hybridized carbons (Fsp3) is 0.333. The molecule has 0 aliphatic rings. The Balaban J connectivity index is 2.12. The Morgan fingerprint density at radius 1 is 1.20 bits per heavy atom. The number of aryl methyl sites for hydroxylation is 1. The molecule has 1 nitrogen and oxygen atoms in total. The summed E-state index contributed by atoms with van der Waals surface area (Å²) in [7, 11) is 0. The lowest BCUT2D eigenvalue weighted by atomic mass is 10.2. The van der Waals surface area contributed by atoms with E-state index >= 15 is 0 Å². The van der Waals surface area contributed by atoms with Gasteiger partial charge < -0.3 is 5.32 Å². The Morgan fingerprint density at radius 3 is 2.60 bits per heavy atom. The van der Waals surface area contributed by atoms with E-state index in [-0.39, 0.29) is 6.04 Å². The van der Waals surface area contributed by atoms with Gasteiger partial charge in [-0.05, 0) is 37.6 Å². The highest BCUT2D eigenvalue weighted by molar-refractivity contribution is 7.99. The lowest BCUT2D eigenvalue weighted by molar-refractivity contribution is 0.252. The van der Waals surface area contributed by atoms with Crippen molar-refractivity contribution in [1.29, 1.82) is 0 Å². The molecule has 0 aliphatic carbocycles. The molecule has 0 aliphatic heterocycles. The number of thioether (sulfide) groups is 1. The van der Waals surface area contributed by atoms with Crippen molar-refractivity contribution in [2.75, 3.05) is 5.32 Å². The molecule has 0 fully saturated rings. The lowest BCUT2D eigenvalue weighted by Gasteiger charge is -2.16. The van der Waals surface area contributed by atoms with Gasteiger partial charge in [0.2, 0.25) is 0 Å². The number of anilines is 1. The van der Waals surface area contributed by atoms with Crippen LogP contribution in [0.4, 0.5) is 14.5 Å². The molecule has 0 saturated heterocycles. The number of hydrogen-bond acceptors (Lipinski definition) is 3. The third-order valence-electron chi connectivity index (χ3n) is 2.93. The van der Waals surface area contributed by atoms with Crippen LogP contribution in [0.15, 0.2) is 41.3 Å². The molecule has 2 aromatic rings. The molecule has 1 heterocycles. The van der Waals surface area contributed by atoms with Crippen molar-refractivity contribution in [1.82, 2.24) is 0 Å². The molecule has 20 heavy (non-hydrogen) atoms. The van der Waals surface area contributed by atoms with E-state index in [1.165, 1.54) is 9.75 Å². The van der Waals surface area contributed by atoms with Crippen LogP contribution in [0.25, 0.3) is 0 Å². The van der Waals surface area contributed by atoms with Crippen LogP contribution in [0, 0.1) is 0 Å². The van der Waals surface area contributed by atoms with Crippen molar-refractivity contribution >= 4 is 28.8 Å². The number of benzene rings is 1. The average Bonchev–Trinajstić information content (AvgIpc) is 2.89. The van der Waals surface area contributed by atoms with Crippen molar-refractivity contribution in [3.8, 4) is 0 Å². The fourth-order valence-electron chi connectivity index (χ4n) is 1.91. The van der Waals surface area contributed by atoms with Crippen molar-refractivity contribution < 1.29 is 8.78 Å². The molecule has 0 radical (unpaired) electrons. The molecule has 1 aromatic carbocycles. The zero-order valence-corrected chi connectivity index (χ0v) is 13.0. The normalized spacial score (nSPS) is 12.7. The van der Waals surface area contributed by atoms with Crippen LogP contribution in [-0.2, 0) is 6.42 Å². The van der Waals surface area contributed by atoms with E-state index in [2.05, 4.69) is 31.3 Å². The summed E-state index contributed by atoms with van der Waals surface area (Å²) in [5.41, 5.74) is 0.761. The van der Waals surface area contributed by atoms with Crippen LogP contribution in [0.1, 0.15) is 29.6 Å². The Bertz CT molecular complexity index is 554. The third-order valence-corrected chi connectivity index (χ3v) is 5.13. The van der Waals surface area contributed by atoms with Gasteiger partial charge in [-0.1, -0.05) is 30.8 Å². The van der Waals surface area contributed by atoms with Gasteiger partial charge >= 0.3 is 0 Å². The molecule has 1 unspecified atom stereocenters. The number of hydrogen-bond donors (Lipinski definition) is 1. The number of halogens is 2. The van der Waals surface area contributed by atoms with Crippen molar-refractivity contribution in [2.45, 2.75) is 37.0 Å². The first-order valence-electron chi connectivity index (χ1n) is 6.49. The van der Waals surface area contributed by atoms with Gasteiger partial charge in [-0.15, -0.1) is 11.3 Å². The number of nitrogens with one attached hydrogen (secondary N) is 1. The van der Waals surface area contributed by atoms with Crippen LogP contribution < -0.4 is 5.32 Å². The summed E-state index contributed by atoms with van der Waals surface area (Å²) in [4.78, 5) is 3.14. The number of thiophene rings is 1. The second kappa shape index (κ2) is 7.09. The minimum absolute atomic E-state index is 0.111. The number of rotatable bonds is 6. The molecule has 0 amide bonds. The summed E-state index contributed by atoms with van der Waals surface area (Å²) < 4.78 is 25.1. The maximum absolute atomic E-state index is 12.5. The molecule has 5 heteroatoms. The number of alkyl halides is 2. The maximum atomic E-state index is 12.5. The first-order chi connectivity index (χ1) is 9.60. The van der Waals surface area contributed by atoms with Gasteiger partial charge in [-0.3, -0.25) is 0 Å². The van der Waals surface area contributed by atoms with E-state index in [9.17, 15) is 8.78 Å². The van der Waals surface area contributed by atoms with Gasteiger partial charge in [0, 0.05) is 20.3 Å². The van der Waals surface area contributed by atoms with E-state index in [1.54, 1.807) is 23.5 Å². The van der Waals surface area contributed by atoms with Crippen molar-refractivity contribution in [2.24, 2.45) is 0 Å². The van der Waals surface area contributed by atoms with E-state index in [1.807, 2.05) is 12.1 Å². The van der Waals surface area contributed by atoms with Crippen LogP contribution in [0.2, 0.25) is 0 Å². The lowest BCUT2D eigenvalue weighted by Crippen LogP contribution is -2.05. The highest BCUT2D eigenvalue weighted by Gasteiger charge is 2.13. The SMILES string of the molecule is CCc1ccc(C(C)Nc2ccccc2SC(F)F)s1. The second-order valence-corrected chi connectivity index (χ2v) is 6.63. The Labute approximate surface area is 126 Å². The van der Waals surface area contributed by atoms with Gasteiger partial charge in [-0.2, -0.15) is 8.78 Å². The largest absolute Gasteiger partial charge is 0.377 e. The molecular weight excluding hydrogens is 296 g/mol. The average molecular weight is 313 g/mol. The van der Waals surface area contributed by atoms with Gasteiger partial charge in [0.1, 0.15) is 0 Å². The smallest absolute Gasteiger partial charge is 0.288 e. The zero-order valence-electron chi connectivity index (χ0n) is 11.4. The first kappa shape index (κ1) is 15.3. The van der Waals surface area contributed by atoms with Crippen LogP contribution >= 0.6 is 23.1 Å². The summed E-state index contributed by atoms with van der Waals surface area (Å²) in [6, 6.07) is 11.5. The van der Waals surface area contributed by atoms with Gasteiger partial charge in [0.05, 0.1) is 6.04 Å². The molecule has 2 rings (SSSR count). The minimum atomic E-state index is -2.40. The Morgan fingerprint density at radius 2 is 1.95 bits per heavy atom. The first-order valence-corrected chi connectivity index (χ1v) is 8.18. The van der Waals surface area contributed by atoms with Crippen molar-refractivity contribution in [3.05, 3.63) is 46.2 Å². The quantitative estimate of drug-likeness (QED) is 0.677. The molecule has 1 atom stereocenters. The highest BCUT2D eigenvalue weighted by Crippen LogP contribution is 2.34. The molecule has 0 spiro atoms. The molecule has 0 bridgehead atoms. The molecule has 1 aromatic heterocycles. The van der Waals surface area contributed by atoms with Gasteiger partial charge in [-0.25, -0.2) is 0 Å². The highest BCUT2D eigenvalue weighted by atomic mass is 32.2.